The van der Waals surface area contributed by atoms with E-state index in [1.165, 1.54) is 0 Å². The van der Waals surface area contributed by atoms with Crippen molar-refractivity contribution in [3.63, 3.8) is 0 Å². The Kier molecular flexibility index (Phi) is 9.26. The van der Waals surface area contributed by atoms with Gasteiger partial charge in [-0.3, -0.25) is 0 Å². The van der Waals surface area contributed by atoms with Crippen LogP contribution in [0.5, 0.6) is 0 Å². The molecule has 0 radical (unpaired) electrons. The Morgan fingerprint density at radius 1 is 1.09 bits per heavy atom. The lowest BCUT2D eigenvalue weighted by Crippen LogP contribution is -2.50. The normalized spacial score (nSPS) is 20.1. The maximum Gasteiger partial charge on any atom is 0.497 e. The van der Waals surface area contributed by atoms with Crippen molar-refractivity contribution in [3.8, 4) is 0 Å². The van der Waals surface area contributed by atoms with Crippen molar-refractivity contribution in [3.05, 3.63) is 0 Å². The van der Waals surface area contributed by atoms with Crippen molar-refractivity contribution in [2.24, 2.45) is 5.41 Å². The molecule has 0 spiro atoms. The van der Waals surface area contributed by atoms with Crippen molar-refractivity contribution in [2.75, 3.05) is 33.0 Å². The molecule has 0 aromatic carbocycles. The van der Waals surface area contributed by atoms with Crippen molar-refractivity contribution >= 4 is 8.80 Å². The molecule has 1 heterocycles. The van der Waals surface area contributed by atoms with Gasteiger partial charge < -0.3 is 22.8 Å². The molecule has 0 amide bonds. The number of ether oxygens (including phenoxy) is 2. The van der Waals surface area contributed by atoms with Crippen LogP contribution in [0.2, 0.25) is 6.55 Å². The van der Waals surface area contributed by atoms with Crippen molar-refractivity contribution in [1.29, 1.82) is 0 Å². The highest BCUT2D eigenvalue weighted by Gasteiger charge is 2.42. The zero-order valence-electron chi connectivity index (χ0n) is 15.9. The summed E-state index contributed by atoms with van der Waals surface area (Å²) in [5.41, 5.74) is 0.148. The molecule has 1 aliphatic heterocycles. The molecule has 1 saturated heterocycles. The first-order valence-electron chi connectivity index (χ1n) is 9.04. The van der Waals surface area contributed by atoms with E-state index >= 15 is 0 Å². The molecule has 2 atom stereocenters. The van der Waals surface area contributed by atoms with Gasteiger partial charge in [-0.2, -0.15) is 0 Å². The van der Waals surface area contributed by atoms with Crippen molar-refractivity contribution in [2.45, 2.75) is 72.6 Å². The van der Waals surface area contributed by atoms with Gasteiger partial charge in [0.15, 0.2) is 0 Å². The minimum absolute atomic E-state index is 0.0992. The first-order valence-corrected chi connectivity index (χ1v) is 11.3. The smallest absolute Gasteiger partial charge is 0.380 e. The maximum absolute atomic E-state index is 6.15. The topological polar surface area (TPSA) is 46.2 Å². The molecule has 0 N–H and O–H groups in total. The molecule has 138 valence electrons. The predicted molar refractivity (Wildman–Crippen MR) is 93.6 cm³/mol. The molecule has 0 aliphatic carbocycles. The molecule has 0 bridgehead atoms. The summed E-state index contributed by atoms with van der Waals surface area (Å²) in [6, 6.07) is 0. The highest BCUT2D eigenvalue weighted by atomic mass is 28.4. The quantitative estimate of drug-likeness (QED) is 0.476. The van der Waals surface area contributed by atoms with Gasteiger partial charge >= 0.3 is 8.80 Å². The Morgan fingerprint density at radius 2 is 1.70 bits per heavy atom. The average molecular weight is 349 g/mol. The van der Waals surface area contributed by atoms with Crippen LogP contribution < -0.4 is 0 Å². The Balaban J connectivity index is 2.48. The second kappa shape index (κ2) is 10.1. The van der Waals surface area contributed by atoms with E-state index in [1.807, 2.05) is 20.4 Å². The first kappa shape index (κ1) is 21.1. The van der Waals surface area contributed by atoms with E-state index in [-0.39, 0.29) is 17.6 Å². The molecule has 6 heteroatoms. The number of hydrogen-bond donors (Lipinski definition) is 0. The van der Waals surface area contributed by atoms with Gasteiger partial charge in [-0.15, -0.1) is 0 Å². The minimum Gasteiger partial charge on any atom is -0.380 e. The van der Waals surface area contributed by atoms with Crippen molar-refractivity contribution in [1.82, 2.24) is 0 Å². The van der Waals surface area contributed by atoms with Gasteiger partial charge in [0.25, 0.3) is 0 Å². The monoisotopic (exact) mass is 348 g/mol. The fraction of sp³-hybridized carbons (Fsp3) is 1.00. The average Bonchev–Trinajstić information content (AvgIpc) is 2.45. The van der Waals surface area contributed by atoms with E-state index in [1.54, 1.807) is 0 Å². The van der Waals surface area contributed by atoms with Crippen LogP contribution in [0.1, 0.15) is 53.9 Å². The van der Waals surface area contributed by atoms with E-state index in [0.717, 1.165) is 39.1 Å². The molecule has 0 aromatic heterocycles. The molecular formula is C17H36O5Si. The summed E-state index contributed by atoms with van der Waals surface area (Å²) in [5, 5.41) is 0. The van der Waals surface area contributed by atoms with Gasteiger partial charge in [-0.25, -0.2) is 0 Å². The molecule has 0 aromatic rings. The Morgan fingerprint density at radius 3 is 2.13 bits per heavy atom. The Hall–Kier alpha value is 0.0169. The largest absolute Gasteiger partial charge is 0.497 e. The summed E-state index contributed by atoms with van der Waals surface area (Å²) >= 11 is 0. The minimum atomic E-state index is -2.52. The first-order chi connectivity index (χ1) is 10.9. The van der Waals surface area contributed by atoms with Crippen molar-refractivity contribution < 1.29 is 22.8 Å². The lowest BCUT2D eigenvalue weighted by molar-refractivity contribution is -0.181. The third kappa shape index (κ3) is 6.80. The molecule has 5 nitrogen and oxygen atoms in total. The zero-order chi connectivity index (χ0) is 17.3. The lowest BCUT2D eigenvalue weighted by Gasteiger charge is -2.44. The van der Waals surface area contributed by atoms with E-state index in [9.17, 15) is 0 Å². The van der Waals surface area contributed by atoms with Gasteiger partial charge in [0.2, 0.25) is 0 Å². The summed E-state index contributed by atoms with van der Waals surface area (Å²) in [7, 11) is -2.52. The van der Waals surface area contributed by atoms with Crippen LogP contribution in [0.3, 0.4) is 0 Å². The van der Waals surface area contributed by atoms with Gasteiger partial charge in [0, 0.05) is 37.9 Å². The molecule has 1 fully saturated rings. The number of hydrogen-bond acceptors (Lipinski definition) is 5. The molecular weight excluding hydrogens is 312 g/mol. The van der Waals surface area contributed by atoms with E-state index in [0.29, 0.717) is 13.2 Å². The van der Waals surface area contributed by atoms with Crippen LogP contribution in [-0.4, -0.2) is 54.0 Å². The fourth-order valence-corrected chi connectivity index (χ4v) is 5.06. The predicted octanol–water partition coefficient (Wildman–Crippen LogP) is 3.65. The third-order valence-electron chi connectivity index (χ3n) is 4.23. The van der Waals surface area contributed by atoms with E-state index in [2.05, 4.69) is 20.8 Å². The standard InChI is InChI=1S/C17H36O5Si/c1-7-12-19-16(17(5)13-18-14-17)11-10-15(4)22-23(6,20-8-2)21-9-3/h15-16H,7-14H2,1-6H3. The lowest BCUT2D eigenvalue weighted by atomic mass is 9.80. The zero-order valence-corrected chi connectivity index (χ0v) is 16.9. The van der Waals surface area contributed by atoms with Crippen LogP contribution in [0, 0.1) is 5.41 Å². The van der Waals surface area contributed by atoms with E-state index in [4.69, 9.17) is 22.8 Å². The molecule has 1 rings (SSSR count). The second-order valence-electron chi connectivity index (χ2n) is 6.74. The highest BCUT2D eigenvalue weighted by Crippen LogP contribution is 2.35. The Labute approximate surface area is 143 Å². The SMILES string of the molecule is CCCOC(CCC(C)O[Si](C)(OCC)OCC)C1(C)COC1. The second-order valence-corrected chi connectivity index (χ2v) is 9.28. The highest BCUT2D eigenvalue weighted by molar-refractivity contribution is 6.59. The third-order valence-corrected chi connectivity index (χ3v) is 6.68. The molecule has 1 aliphatic rings. The van der Waals surface area contributed by atoms with Crippen LogP contribution >= 0.6 is 0 Å². The summed E-state index contributed by atoms with van der Waals surface area (Å²) in [6.45, 7) is 16.0. The van der Waals surface area contributed by atoms with Gasteiger partial charge in [0.1, 0.15) is 0 Å². The molecule has 23 heavy (non-hydrogen) atoms. The summed E-state index contributed by atoms with van der Waals surface area (Å²) in [6.07, 6.45) is 3.28. The molecule has 2 unspecified atom stereocenters. The van der Waals surface area contributed by atoms with Gasteiger partial charge in [0.05, 0.1) is 19.3 Å². The van der Waals surface area contributed by atoms with Crippen LogP contribution in [0.15, 0.2) is 0 Å². The van der Waals surface area contributed by atoms with E-state index < -0.39 is 8.80 Å². The Bertz CT molecular complexity index is 316. The van der Waals surface area contributed by atoms with Gasteiger partial charge in [-0.05, 0) is 40.0 Å². The van der Waals surface area contributed by atoms with Crippen LogP contribution in [0.4, 0.5) is 0 Å². The van der Waals surface area contributed by atoms with Crippen LogP contribution in [-0.2, 0) is 22.8 Å². The van der Waals surface area contributed by atoms with Gasteiger partial charge in [-0.1, -0.05) is 13.8 Å². The summed E-state index contributed by atoms with van der Waals surface area (Å²) < 4.78 is 29.1. The number of rotatable bonds is 13. The molecule has 0 saturated carbocycles. The summed E-state index contributed by atoms with van der Waals surface area (Å²) in [5.74, 6) is 0. The fourth-order valence-electron chi connectivity index (χ4n) is 2.95. The summed E-state index contributed by atoms with van der Waals surface area (Å²) in [4.78, 5) is 0. The maximum atomic E-state index is 6.15. The van der Waals surface area contributed by atoms with Crippen LogP contribution in [0.25, 0.3) is 0 Å².